The van der Waals surface area contributed by atoms with Gasteiger partial charge in [-0.1, -0.05) is 0 Å². The molecule has 122 valence electrons. The third kappa shape index (κ3) is 3.65. The Hall–Kier alpha value is -1.89. The summed E-state index contributed by atoms with van der Waals surface area (Å²) in [6.07, 6.45) is 6.04. The van der Waals surface area contributed by atoms with Gasteiger partial charge in [-0.25, -0.2) is 0 Å². The van der Waals surface area contributed by atoms with Gasteiger partial charge in [0, 0.05) is 46.9 Å². The van der Waals surface area contributed by atoms with Crippen LogP contribution in [0.2, 0.25) is 0 Å². The molecule has 1 fully saturated rings. The van der Waals surface area contributed by atoms with E-state index in [9.17, 15) is 9.59 Å². The van der Waals surface area contributed by atoms with Crippen LogP contribution in [-0.4, -0.2) is 59.3 Å². The summed E-state index contributed by atoms with van der Waals surface area (Å²) in [5.41, 5.74) is 0.142. The first-order valence-corrected chi connectivity index (χ1v) is 7.53. The number of carbonyl (C=O) groups excluding carboxylic acids is 2. The molecule has 1 aliphatic heterocycles. The molecule has 0 saturated carbocycles. The van der Waals surface area contributed by atoms with Crippen molar-refractivity contribution in [3.8, 4) is 0 Å². The van der Waals surface area contributed by atoms with E-state index >= 15 is 0 Å². The molecule has 1 saturated heterocycles. The molecule has 7 heteroatoms. The molecule has 0 bridgehead atoms. The Morgan fingerprint density at radius 1 is 1.50 bits per heavy atom. The largest absolute Gasteiger partial charge is 0.376 e. The van der Waals surface area contributed by atoms with Crippen LogP contribution < -0.4 is 5.32 Å². The number of amides is 2. The number of piperidine rings is 1. The lowest BCUT2D eigenvalue weighted by Crippen LogP contribution is -2.51. The molecule has 1 N–H and O–H groups in total. The fourth-order valence-corrected chi connectivity index (χ4v) is 2.92. The van der Waals surface area contributed by atoms with Gasteiger partial charge in [-0.2, -0.15) is 5.10 Å². The van der Waals surface area contributed by atoms with Crippen LogP contribution in [-0.2, 0) is 16.6 Å². The average Bonchev–Trinajstić information content (AvgIpc) is 2.98. The predicted molar refractivity (Wildman–Crippen MR) is 81.4 cm³/mol. The summed E-state index contributed by atoms with van der Waals surface area (Å²) in [4.78, 5) is 25.8. The first-order valence-electron chi connectivity index (χ1n) is 7.53. The number of hydrogen-bond donors (Lipinski definition) is 1. The minimum Gasteiger partial charge on any atom is -0.376 e. The molecule has 2 amide bonds. The van der Waals surface area contributed by atoms with Gasteiger partial charge in [0.15, 0.2) is 0 Å². The van der Waals surface area contributed by atoms with E-state index in [1.807, 2.05) is 0 Å². The number of nitrogens with one attached hydrogen (secondary N) is 1. The van der Waals surface area contributed by atoms with Crippen molar-refractivity contribution in [2.75, 3.05) is 27.2 Å². The zero-order chi connectivity index (χ0) is 16.2. The lowest BCUT2D eigenvalue weighted by atomic mass is 9.87. The Balaban J connectivity index is 2.05. The lowest BCUT2D eigenvalue weighted by molar-refractivity contribution is -0.123. The Morgan fingerprint density at radius 2 is 2.27 bits per heavy atom. The zero-order valence-corrected chi connectivity index (χ0v) is 13.5. The second kappa shape index (κ2) is 6.91. The Morgan fingerprint density at radius 3 is 2.86 bits per heavy atom. The van der Waals surface area contributed by atoms with Crippen LogP contribution in [0.1, 0.15) is 36.0 Å². The number of ether oxygens (including phenoxy) is 1. The second-order valence-electron chi connectivity index (χ2n) is 5.79. The van der Waals surface area contributed by atoms with Crippen molar-refractivity contribution in [3.63, 3.8) is 0 Å². The monoisotopic (exact) mass is 308 g/mol. The molecule has 0 spiro atoms. The van der Waals surface area contributed by atoms with Gasteiger partial charge >= 0.3 is 0 Å². The van der Waals surface area contributed by atoms with Crippen molar-refractivity contribution in [2.45, 2.75) is 31.3 Å². The Labute approximate surface area is 130 Å². The van der Waals surface area contributed by atoms with Gasteiger partial charge in [0.05, 0.1) is 17.4 Å². The van der Waals surface area contributed by atoms with E-state index in [0.29, 0.717) is 31.5 Å². The molecular weight excluding hydrogens is 284 g/mol. The van der Waals surface area contributed by atoms with Crippen LogP contribution >= 0.6 is 0 Å². The highest BCUT2D eigenvalue weighted by molar-refractivity contribution is 5.93. The molecule has 0 aromatic carbocycles. The summed E-state index contributed by atoms with van der Waals surface area (Å²) in [5, 5.41) is 6.67. The fraction of sp³-hybridized carbons (Fsp3) is 0.667. The minimum atomic E-state index is -0.442. The maximum Gasteiger partial charge on any atom is 0.257 e. The van der Waals surface area contributed by atoms with Crippen LogP contribution in [0.25, 0.3) is 0 Å². The third-order valence-corrected chi connectivity index (χ3v) is 4.30. The Kier molecular flexibility index (Phi) is 5.18. The van der Waals surface area contributed by atoms with Gasteiger partial charge in [-0.3, -0.25) is 14.3 Å². The SMILES string of the molecule is CNC(=O)CC[C@@]1(OC)CCCN(C(=O)c2cnn(C)c2)C1. The molecule has 0 aliphatic carbocycles. The van der Waals surface area contributed by atoms with Crippen molar-refractivity contribution >= 4 is 11.8 Å². The standard InChI is InChI=1S/C15H24N4O3/c1-16-13(20)5-7-15(22-3)6-4-8-19(11-15)14(21)12-9-17-18(2)10-12/h9-10H,4-8,11H2,1-3H3,(H,16,20)/t15-/m0/s1. The normalized spacial score (nSPS) is 21.7. The maximum absolute atomic E-state index is 12.5. The number of nitrogens with zero attached hydrogens (tertiary/aromatic N) is 3. The fourth-order valence-electron chi connectivity index (χ4n) is 2.92. The summed E-state index contributed by atoms with van der Waals surface area (Å²) in [5.74, 6) is -0.0405. The summed E-state index contributed by atoms with van der Waals surface area (Å²) in [6, 6.07) is 0. The molecule has 0 radical (unpaired) electrons. The van der Waals surface area contributed by atoms with E-state index < -0.39 is 5.60 Å². The Bertz CT molecular complexity index is 543. The van der Waals surface area contributed by atoms with E-state index in [1.54, 1.807) is 43.2 Å². The van der Waals surface area contributed by atoms with Crippen molar-refractivity contribution in [1.82, 2.24) is 20.0 Å². The summed E-state index contributed by atoms with van der Waals surface area (Å²) in [7, 11) is 5.07. The van der Waals surface area contributed by atoms with Crippen molar-refractivity contribution in [3.05, 3.63) is 18.0 Å². The first kappa shape index (κ1) is 16.5. The summed E-state index contributed by atoms with van der Waals surface area (Å²) in [6.45, 7) is 1.22. The number of hydrogen-bond acceptors (Lipinski definition) is 4. The molecule has 1 atom stereocenters. The molecule has 1 aromatic heterocycles. The van der Waals surface area contributed by atoms with E-state index in [4.69, 9.17) is 4.74 Å². The number of likely N-dealkylation sites (tertiary alicyclic amines) is 1. The van der Waals surface area contributed by atoms with E-state index in [1.165, 1.54) is 0 Å². The average molecular weight is 308 g/mol. The van der Waals surface area contributed by atoms with Gasteiger partial charge in [0.1, 0.15) is 0 Å². The van der Waals surface area contributed by atoms with Crippen LogP contribution in [0.15, 0.2) is 12.4 Å². The third-order valence-electron chi connectivity index (χ3n) is 4.30. The van der Waals surface area contributed by atoms with Gasteiger partial charge in [-0.05, 0) is 19.3 Å². The van der Waals surface area contributed by atoms with Gasteiger partial charge in [-0.15, -0.1) is 0 Å². The number of carbonyl (C=O) groups is 2. The number of rotatable bonds is 5. The van der Waals surface area contributed by atoms with E-state index in [0.717, 1.165) is 12.8 Å². The summed E-state index contributed by atoms with van der Waals surface area (Å²) >= 11 is 0. The molecule has 7 nitrogen and oxygen atoms in total. The quantitative estimate of drug-likeness (QED) is 0.862. The van der Waals surface area contributed by atoms with Gasteiger partial charge in [0.25, 0.3) is 5.91 Å². The van der Waals surface area contributed by atoms with Crippen LogP contribution in [0.3, 0.4) is 0 Å². The molecule has 0 unspecified atom stereocenters. The highest BCUT2D eigenvalue weighted by Gasteiger charge is 2.37. The minimum absolute atomic E-state index is 0.00728. The predicted octanol–water partition coefficient (Wildman–Crippen LogP) is 0.567. The van der Waals surface area contributed by atoms with Crippen molar-refractivity contribution in [1.29, 1.82) is 0 Å². The topological polar surface area (TPSA) is 76.5 Å². The molecule has 1 aromatic rings. The highest BCUT2D eigenvalue weighted by atomic mass is 16.5. The van der Waals surface area contributed by atoms with E-state index in [2.05, 4.69) is 10.4 Å². The number of aryl methyl sites for hydroxylation is 1. The summed E-state index contributed by atoms with van der Waals surface area (Å²) < 4.78 is 7.32. The van der Waals surface area contributed by atoms with Gasteiger partial charge < -0.3 is 15.0 Å². The van der Waals surface area contributed by atoms with Crippen molar-refractivity contribution in [2.24, 2.45) is 7.05 Å². The van der Waals surface area contributed by atoms with Gasteiger partial charge in [0.2, 0.25) is 5.91 Å². The highest BCUT2D eigenvalue weighted by Crippen LogP contribution is 2.30. The zero-order valence-electron chi connectivity index (χ0n) is 13.5. The maximum atomic E-state index is 12.5. The number of aromatic nitrogens is 2. The molecule has 22 heavy (non-hydrogen) atoms. The van der Waals surface area contributed by atoms with Crippen LogP contribution in [0.4, 0.5) is 0 Å². The number of methoxy groups -OCH3 is 1. The molecule has 2 heterocycles. The molecular formula is C15H24N4O3. The lowest BCUT2D eigenvalue weighted by Gasteiger charge is -2.41. The van der Waals surface area contributed by atoms with Crippen LogP contribution in [0, 0.1) is 0 Å². The van der Waals surface area contributed by atoms with E-state index in [-0.39, 0.29) is 11.8 Å². The second-order valence-corrected chi connectivity index (χ2v) is 5.79. The molecule has 1 aliphatic rings. The first-order chi connectivity index (χ1) is 10.5. The molecule has 2 rings (SSSR count). The van der Waals surface area contributed by atoms with Crippen molar-refractivity contribution < 1.29 is 14.3 Å². The smallest absolute Gasteiger partial charge is 0.257 e. The van der Waals surface area contributed by atoms with Crippen LogP contribution in [0.5, 0.6) is 0 Å².